The van der Waals surface area contributed by atoms with Crippen molar-refractivity contribution in [3.63, 3.8) is 0 Å². The number of likely N-dealkylation sites (N-methyl/N-ethyl adjacent to an activating group) is 1. The number of aliphatic hydroxyl groups excluding tert-OH is 5. The van der Waals surface area contributed by atoms with Gasteiger partial charge in [-0.3, -0.25) is 19.7 Å². The number of rotatable bonds is 15. The Labute approximate surface area is 250 Å². The summed E-state index contributed by atoms with van der Waals surface area (Å²) in [4.78, 5) is 25.2. The zero-order valence-electron chi connectivity index (χ0n) is 24.1. The number of aromatic nitrogens is 4. The van der Waals surface area contributed by atoms with Crippen molar-refractivity contribution in [3.8, 4) is 5.69 Å². The van der Waals surface area contributed by atoms with Crippen molar-refractivity contribution in [3.05, 3.63) is 84.1 Å². The molecule has 2 aromatic heterocycles. The van der Waals surface area contributed by atoms with Gasteiger partial charge >= 0.3 is 0 Å². The first-order chi connectivity index (χ1) is 20.7. The van der Waals surface area contributed by atoms with Crippen LogP contribution >= 0.6 is 0 Å². The lowest BCUT2D eigenvalue weighted by atomic mass is 10.0. The van der Waals surface area contributed by atoms with E-state index in [9.17, 15) is 25.2 Å². The largest absolute Gasteiger partial charge is 0.394 e. The monoisotopic (exact) mass is 593 g/mol. The Kier molecular flexibility index (Phi) is 11.6. The van der Waals surface area contributed by atoms with E-state index >= 15 is 0 Å². The van der Waals surface area contributed by atoms with E-state index in [2.05, 4.69) is 31.3 Å². The van der Waals surface area contributed by atoms with E-state index in [0.29, 0.717) is 19.6 Å². The molecule has 0 bridgehead atoms. The van der Waals surface area contributed by atoms with Gasteiger partial charge in [0.2, 0.25) is 5.91 Å². The van der Waals surface area contributed by atoms with E-state index in [1.807, 2.05) is 42.7 Å². The summed E-state index contributed by atoms with van der Waals surface area (Å²) in [6.45, 7) is 0.871. The van der Waals surface area contributed by atoms with Crippen molar-refractivity contribution in [2.24, 2.45) is 4.99 Å². The second-order valence-electron chi connectivity index (χ2n) is 10.7. The van der Waals surface area contributed by atoms with Crippen LogP contribution in [-0.2, 0) is 24.3 Å². The third-order valence-electron chi connectivity index (χ3n) is 7.17. The van der Waals surface area contributed by atoms with Gasteiger partial charge in [-0.05, 0) is 42.7 Å². The first-order valence-electron chi connectivity index (χ1n) is 14.1. The fourth-order valence-corrected chi connectivity index (χ4v) is 4.67. The molecule has 1 aliphatic heterocycles. The Morgan fingerprint density at radius 1 is 0.977 bits per heavy atom. The molecule has 13 heteroatoms. The van der Waals surface area contributed by atoms with Crippen LogP contribution in [-0.4, -0.2) is 118 Å². The van der Waals surface area contributed by atoms with Crippen molar-refractivity contribution < 1.29 is 30.3 Å². The number of carbonyl (C=O) groups excluding carboxylic acids is 1. The number of carbonyl (C=O) groups is 1. The van der Waals surface area contributed by atoms with Crippen LogP contribution in [0.4, 0.5) is 0 Å². The van der Waals surface area contributed by atoms with E-state index in [0.717, 1.165) is 41.2 Å². The molecule has 230 valence electrons. The fraction of sp³-hybridized carbons (Fsp3) is 0.433. The van der Waals surface area contributed by atoms with Gasteiger partial charge in [-0.2, -0.15) is 0 Å². The maximum absolute atomic E-state index is 12.7. The first kappa shape index (κ1) is 32.1. The molecule has 13 nitrogen and oxygen atoms in total. The van der Waals surface area contributed by atoms with E-state index in [-0.39, 0.29) is 18.9 Å². The summed E-state index contributed by atoms with van der Waals surface area (Å²) in [5.74, 6) is -0.315. The molecular weight excluding hydrogens is 554 g/mol. The minimum Gasteiger partial charge on any atom is -0.394 e. The predicted octanol–water partition coefficient (Wildman–Crippen LogP) is -0.150. The SMILES string of the molecule is CN(CC(O)C(O)C(O)C(O)CO)C(=O)Cc1ccc(-n2cc(CN(CC3=NC=CCC3)Cc3ccccn3)nn2)cc1. The van der Waals surface area contributed by atoms with Crippen LogP contribution in [0.25, 0.3) is 5.69 Å². The Hall–Kier alpha value is -3.85. The highest BCUT2D eigenvalue weighted by Crippen LogP contribution is 2.14. The second-order valence-corrected chi connectivity index (χ2v) is 10.7. The van der Waals surface area contributed by atoms with Gasteiger partial charge in [-0.15, -0.1) is 5.10 Å². The van der Waals surface area contributed by atoms with Crippen LogP contribution in [0.2, 0.25) is 0 Å². The average molecular weight is 594 g/mol. The number of amides is 1. The zero-order chi connectivity index (χ0) is 30.8. The number of hydrogen-bond acceptors (Lipinski definition) is 11. The summed E-state index contributed by atoms with van der Waals surface area (Å²) < 4.78 is 1.68. The Morgan fingerprint density at radius 3 is 2.40 bits per heavy atom. The second kappa shape index (κ2) is 15.6. The number of aliphatic hydroxyl groups is 5. The zero-order valence-corrected chi connectivity index (χ0v) is 24.1. The molecule has 0 radical (unpaired) electrons. The minimum atomic E-state index is -1.75. The van der Waals surface area contributed by atoms with Gasteiger partial charge < -0.3 is 30.4 Å². The third-order valence-corrected chi connectivity index (χ3v) is 7.17. The number of pyridine rings is 1. The summed E-state index contributed by atoms with van der Waals surface area (Å²) in [5, 5.41) is 57.0. The highest BCUT2D eigenvalue weighted by atomic mass is 16.4. The molecule has 0 fully saturated rings. The summed E-state index contributed by atoms with van der Waals surface area (Å²) in [7, 11) is 1.47. The maximum atomic E-state index is 12.7. The summed E-state index contributed by atoms with van der Waals surface area (Å²) >= 11 is 0. The van der Waals surface area contributed by atoms with Gasteiger partial charge in [0.05, 0.1) is 36.3 Å². The van der Waals surface area contributed by atoms with Gasteiger partial charge in [-0.25, -0.2) is 4.68 Å². The molecule has 4 atom stereocenters. The van der Waals surface area contributed by atoms with E-state index < -0.39 is 31.0 Å². The number of aliphatic imine (C=N–C) groups is 1. The van der Waals surface area contributed by atoms with Crippen LogP contribution in [0.5, 0.6) is 0 Å². The third kappa shape index (κ3) is 9.32. The van der Waals surface area contributed by atoms with Crippen LogP contribution < -0.4 is 0 Å². The molecule has 1 aliphatic rings. The molecule has 1 aromatic carbocycles. The van der Waals surface area contributed by atoms with Gasteiger partial charge in [0.25, 0.3) is 0 Å². The molecule has 3 aromatic rings. The van der Waals surface area contributed by atoms with Crippen molar-refractivity contribution in [2.75, 3.05) is 26.7 Å². The molecule has 4 unspecified atom stereocenters. The Bertz CT molecular complexity index is 1360. The summed E-state index contributed by atoms with van der Waals surface area (Å²) in [6, 6.07) is 13.1. The molecule has 1 amide bonds. The Balaban J connectivity index is 1.34. The predicted molar refractivity (Wildman–Crippen MR) is 158 cm³/mol. The smallest absolute Gasteiger partial charge is 0.226 e. The van der Waals surface area contributed by atoms with Gasteiger partial charge in [0, 0.05) is 51.3 Å². The van der Waals surface area contributed by atoms with Gasteiger partial charge in [-0.1, -0.05) is 29.5 Å². The molecule has 0 saturated carbocycles. The number of nitrogens with zero attached hydrogens (tertiary/aromatic N) is 7. The highest BCUT2D eigenvalue weighted by molar-refractivity contribution is 5.87. The van der Waals surface area contributed by atoms with E-state index in [1.165, 1.54) is 11.9 Å². The molecule has 5 N–H and O–H groups in total. The van der Waals surface area contributed by atoms with Gasteiger partial charge in [0.1, 0.15) is 24.4 Å². The molecule has 0 saturated heterocycles. The van der Waals surface area contributed by atoms with Crippen molar-refractivity contribution in [1.82, 2.24) is 29.8 Å². The first-order valence-corrected chi connectivity index (χ1v) is 14.1. The van der Waals surface area contributed by atoms with Crippen molar-refractivity contribution >= 4 is 11.6 Å². The van der Waals surface area contributed by atoms with E-state index in [1.54, 1.807) is 23.0 Å². The fourth-order valence-electron chi connectivity index (χ4n) is 4.67. The number of hydrogen-bond donors (Lipinski definition) is 5. The number of allylic oxidation sites excluding steroid dienone is 1. The van der Waals surface area contributed by atoms with Crippen molar-refractivity contribution in [1.29, 1.82) is 0 Å². The Morgan fingerprint density at radius 2 is 1.72 bits per heavy atom. The highest BCUT2D eigenvalue weighted by Gasteiger charge is 2.31. The lowest BCUT2D eigenvalue weighted by Gasteiger charge is -2.28. The van der Waals surface area contributed by atoms with Crippen LogP contribution in [0.3, 0.4) is 0 Å². The van der Waals surface area contributed by atoms with E-state index in [4.69, 9.17) is 5.11 Å². The average Bonchev–Trinajstić information content (AvgIpc) is 3.49. The van der Waals surface area contributed by atoms with Crippen LogP contribution in [0.15, 0.2) is 72.1 Å². The molecule has 0 aliphatic carbocycles. The minimum absolute atomic E-state index is 0.0472. The quantitative estimate of drug-likeness (QED) is 0.159. The van der Waals surface area contributed by atoms with Crippen molar-refractivity contribution in [2.45, 2.75) is 56.8 Å². The summed E-state index contributed by atoms with van der Waals surface area (Å²) in [5.41, 5.74) is 4.37. The topological polar surface area (TPSA) is 181 Å². The molecule has 43 heavy (non-hydrogen) atoms. The maximum Gasteiger partial charge on any atom is 0.226 e. The normalized spacial score (nSPS) is 16.0. The lowest BCUT2D eigenvalue weighted by Crippen LogP contribution is -2.50. The molecular formula is C30H39N7O6. The van der Waals surface area contributed by atoms with Crippen LogP contribution in [0.1, 0.15) is 29.8 Å². The van der Waals surface area contributed by atoms with Gasteiger partial charge in [0.15, 0.2) is 0 Å². The molecule has 0 spiro atoms. The lowest BCUT2D eigenvalue weighted by molar-refractivity contribution is -0.137. The number of benzene rings is 1. The standard InChI is InChI=1S/C30H39N7O6/c1-35(19-26(39)29(42)30(43)27(40)20-38)28(41)14-21-8-10-25(11-9-21)37-18-24(33-34-37)17-36(15-22-6-2-4-12-31-22)16-23-7-3-5-13-32-23/h2,4-6,8-13,18,26-27,29-30,38-40,42-43H,3,7,14-17,19-20H2,1H3. The summed E-state index contributed by atoms with van der Waals surface area (Å²) in [6.07, 6.45) is 2.93. The van der Waals surface area contributed by atoms with Crippen LogP contribution in [0, 0.1) is 0 Å². The molecule has 3 heterocycles. The molecule has 4 rings (SSSR count).